The molecule has 0 spiro atoms. The van der Waals surface area contributed by atoms with Gasteiger partial charge in [-0.2, -0.15) is 0 Å². The van der Waals surface area contributed by atoms with E-state index in [1.165, 1.54) is 10.8 Å². The molecular weight excluding hydrogens is 348 g/mol. The summed E-state index contributed by atoms with van der Waals surface area (Å²) in [4.78, 5) is 12.2. The van der Waals surface area contributed by atoms with Gasteiger partial charge in [-0.15, -0.1) is 0 Å². The molecule has 4 nitrogen and oxygen atoms in total. The molecule has 0 heterocycles. The third-order valence-electron chi connectivity index (χ3n) is 4.40. The van der Waals surface area contributed by atoms with E-state index in [4.69, 9.17) is 9.68 Å². The first-order valence-corrected chi connectivity index (χ1v) is 9.38. The topological polar surface area (TPSA) is 21.7 Å². The molecule has 4 aromatic carbocycles. The van der Waals surface area contributed by atoms with Gasteiger partial charge >= 0.3 is 0 Å². The van der Waals surface area contributed by atoms with Crippen LogP contribution in [0.3, 0.4) is 0 Å². The standard InChI is InChI=1S/C24H25N2O2/c1-26(2,3)18-25(27-23-14-12-19-8-4-6-10-21(19)16-23)28-24-15-13-20-9-5-7-11-22(20)17-24/h4-17H,18H2,1-3H3/q+1. The van der Waals surface area contributed by atoms with E-state index in [0.717, 1.165) is 22.3 Å². The van der Waals surface area contributed by atoms with Crippen LogP contribution in [0.4, 0.5) is 0 Å². The fourth-order valence-corrected chi connectivity index (χ4v) is 3.11. The Labute approximate surface area is 165 Å². The van der Waals surface area contributed by atoms with Crippen molar-refractivity contribution in [3.8, 4) is 11.5 Å². The van der Waals surface area contributed by atoms with Gasteiger partial charge in [0.05, 0.1) is 26.4 Å². The number of hydrogen-bond acceptors (Lipinski definition) is 3. The lowest BCUT2D eigenvalue weighted by atomic mass is 10.1. The minimum atomic E-state index is 0.555. The Morgan fingerprint density at radius 3 is 1.46 bits per heavy atom. The first kappa shape index (κ1) is 18.3. The molecule has 0 aliphatic heterocycles. The lowest BCUT2D eigenvalue weighted by Gasteiger charge is -2.30. The first-order chi connectivity index (χ1) is 13.5. The van der Waals surface area contributed by atoms with Crippen LogP contribution >= 0.6 is 0 Å². The summed E-state index contributed by atoms with van der Waals surface area (Å²) in [5.41, 5.74) is 0. The molecule has 0 fully saturated rings. The maximum Gasteiger partial charge on any atom is 0.204 e. The first-order valence-electron chi connectivity index (χ1n) is 9.38. The van der Waals surface area contributed by atoms with Crippen LogP contribution in [-0.4, -0.2) is 37.5 Å². The smallest absolute Gasteiger partial charge is 0.204 e. The molecule has 0 N–H and O–H groups in total. The molecule has 0 aromatic heterocycles. The fourth-order valence-electron chi connectivity index (χ4n) is 3.11. The highest BCUT2D eigenvalue weighted by molar-refractivity contribution is 5.84. The van der Waals surface area contributed by atoms with Crippen molar-refractivity contribution in [2.75, 3.05) is 27.8 Å². The summed E-state index contributed by atoms with van der Waals surface area (Å²) < 4.78 is 0.668. The van der Waals surface area contributed by atoms with Gasteiger partial charge in [0, 0.05) is 0 Å². The van der Waals surface area contributed by atoms with Gasteiger partial charge in [0.2, 0.25) is 6.67 Å². The van der Waals surface area contributed by atoms with Crippen LogP contribution in [-0.2, 0) is 0 Å². The zero-order valence-electron chi connectivity index (χ0n) is 16.5. The van der Waals surface area contributed by atoms with Crippen LogP contribution in [0.2, 0.25) is 0 Å². The summed E-state index contributed by atoms with van der Waals surface area (Å²) in [5, 5.41) is 6.19. The van der Waals surface area contributed by atoms with Gasteiger partial charge in [-0.1, -0.05) is 60.7 Å². The summed E-state index contributed by atoms with van der Waals surface area (Å²) >= 11 is 0. The number of quaternary nitrogens is 1. The molecule has 4 rings (SSSR count). The normalized spacial score (nSPS) is 11.9. The highest BCUT2D eigenvalue weighted by Gasteiger charge is 2.20. The molecule has 0 saturated heterocycles. The van der Waals surface area contributed by atoms with Crippen molar-refractivity contribution in [2.24, 2.45) is 0 Å². The molecule has 4 heteroatoms. The lowest BCUT2D eigenvalue weighted by molar-refractivity contribution is -0.891. The van der Waals surface area contributed by atoms with Gasteiger partial charge < -0.3 is 14.2 Å². The summed E-state index contributed by atoms with van der Waals surface area (Å²) in [6, 6.07) is 28.6. The minimum absolute atomic E-state index is 0.555. The third-order valence-corrected chi connectivity index (χ3v) is 4.40. The Balaban J connectivity index is 1.59. The molecule has 4 aromatic rings. The second kappa shape index (κ2) is 7.50. The molecule has 0 saturated carbocycles. The fraction of sp³-hybridized carbons (Fsp3) is 0.167. The predicted octanol–water partition coefficient (Wildman–Crippen LogP) is 5.25. The van der Waals surface area contributed by atoms with E-state index in [1.807, 2.05) is 48.5 Å². The van der Waals surface area contributed by atoms with E-state index in [-0.39, 0.29) is 0 Å². The average Bonchev–Trinajstić information content (AvgIpc) is 2.66. The van der Waals surface area contributed by atoms with Gasteiger partial charge in [-0.3, -0.25) is 0 Å². The largest absolute Gasteiger partial charge is 0.366 e. The van der Waals surface area contributed by atoms with Crippen molar-refractivity contribution >= 4 is 21.5 Å². The summed E-state index contributed by atoms with van der Waals surface area (Å²) in [6.07, 6.45) is 0. The number of fused-ring (bicyclic) bond motifs is 2. The minimum Gasteiger partial charge on any atom is -0.366 e. The van der Waals surface area contributed by atoms with E-state index in [9.17, 15) is 0 Å². The molecular formula is C24H25N2O2+. The number of hydroxylamine groups is 2. The maximum absolute atomic E-state index is 6.11. The van der Waals surface area contributed by atoms with Gasteiger partial charge in [0.25, 0.3) is 0 Å². The highest BCUT2D eigenvalue weighted by Crippen LogP contribution is 2.24. The van der Waals surface area contributed by atoms with Crippen molar-refractivity contribution in [1.29, 1.82) is 0 Å². The van der Waals surface area contributed by atoms with E-state index in [1.54, 1.807) is 5.23 Å². The van der Waals surface area contributed by atoms with Gasteiger partial charge in [0.15, 0.2) is 11.5 Å². The van der Waals surface area contributed by atoms with Gasteiger partial charge in [-0.05, 0) is 45.8 Å². The molecule has 0 amide bonds. The lowest BCUT2D eigenvalue weighted by Crippen LogP contribution is -2.48. The molecule has 0 unspecified atom stereocenters. The maximum atomic E-state index is 6.11. The van der Waals surface area contributed by atoms with E-state index in [0.29, 0.717) is 11.2 Å². The van der Waals surface area contributed by atoms with E-state index in [2.05, 4.69) is 57.5 Å². The quantitative estimate of drug-likeness (QED) is 0.262. The van der Waals surface area contributed by atoms with E-state index >= 15 is 0 Å². The average molecular weight is 373 g/mol. The molecule has 0 aliphatic rings. The molecule has 0 bridgehead atoms. The molecule has 142 valence electrons. The van der Waals surface area contributed by atoms with Crippen molar-refractivity contribution in [3.63, 3.8) is 0 Å². The monoisotopic (exact) mass is 373 g/mol. The molecule has 0 aliphatic carbocycles. The van der Waals surface area contributed by atoms with Crippen LogP contribution in [0.25, 0.3) is 21.5 Å². The van der Waals surface area contributed by atoms with Crippen LogP contribution in [0, 0.1) is 0 Å². The number of rotatable bonds is 6. The van der Waals surface area contributed by atoms with Crippen LogP contribution in [0.1, 0.15) is 0 Å². The zero-order valence-corrected chi connectivity index (χ0v) is 16.5. The Morgan fingerprint density at radius 2 is 1.04 bits per heavy atom. The van der Waals surface area contributed by atoms with Crippen molar-refractivity contribution < 1.29 is 14.2 Å². The summed E-state index contributed by atoms with van der Waals surface area (Å²) in [5.74, 6) is 1.49. The Bertz CT molecular complexity index is 1020. The second-order valence-electron chi connectivity index (χ2n) is 7.96. The SMILES string of the molecule is C[N+](C)(C)CN(Oc1ccc2ccccc2c1)Oc1ccc2ccccc2c1. The number of nitrogens with zero attached hydrogens (tertiary/aromatic N) is 2. The van der Waals surface area contributed by atoms with Crippen LogP contribution in [0.5, 0.6) is 11.5 Å². The summed E-state index contributed by atoms with van der Waals surface area (Å²) in [6.45, 7) is 0.555. The Morgan fingerprint density at radius 1 is 0.607 bits per heavy atom. The van der Waals surface area contributed by atoms with E-state index < -0.39 is 0 Å². The van der Waals surface area contributed by atoms with Crippen molar-refractivity contribution in [1.82, 2.24) is 5.23 Å². The molecule has 0 atom stereocenters. The predicted molar refractivity (Wildman–Crippen MR) is 114 cm³/mol. The molecule has 0 radical (unpaired) electrons. The van der Waals surface area contributed by atoms with Crippen LogP contribution < -0.4 is 9.68 Å². The van der Waals surface area contributed by atoms with Crippen LogP contribution in [0.15, 0.2) is 84.9 Å². The third kappa shape index (κ3) is 4.42. The van der Waals surface area contributed by atoms with Gasteiger partial charge in [0.1, 0.15) is 0 Å². The van der Waals surface area contributed by atoms with Crippen molar-refractivity contribution in [3.05, 3.63) is 84.9 Å². The summed E-state index contributed by atoms with van der Waals surface area (Å²) in [7, 11) is 6.29. The highest BCUT2D eigenvalue weighted by atomic mass is 17.0. The number of hydrogen-bond donors (Lipinski definition) is 0. The molecule has 28 heavy (non-hydrogen) atoms. The zero-order chi connectivity index (χ0) is 19.6. The second-order valence-corrected chi connectivity index (χ2v) is 7.96. The van der Waals surface area contributed by atoms with Crippen molar-refractivity contribution in [2.45, 2.75) is 0 Å². The Kier molecular flexibility index (Phi) is 4.90. The van der Waals surface area contributed by atoms with Gasteiger partial charge in [-0.25, -0.2) is 0 Å². The Hall–Kier alpha value is -3.08. The number of benzene rings is 4.